The van der Waals surface area contributed by atoms with Crippen molar-refractivity contribution in [3.8, 4) is 0 Å². The summed E-state index contributed by atoms with van der Waals surface area (Å²) in [5.41, 5.74) is 5.93. The van der Waals surface area contributed by atoms with Crippen LogP contribution in [0.1, 0.15) is 36.7 Å². The Bertz CT molecular complexity index is 491. The zero-order valence-electron chi connectivity index (χ0n) is 12.4. The van der Waals surface area contributed by atoms with E-state index < -0.39 is 0 Å². The molecule has 0 spiro atoms. The number of likely N-dealkylation sites (tertiary alicyclic amines) is 1. The van der Waals surface area contributed by atoms with Gasteiger partial charge in [0.2, 0.25) is 5.91 Å². The predicted octanol–water partition coefficient (Wildman–Crippen LogP) is -0.0274. The molecule has 2 rings (SSSR count). The van der Waals surface area contributed by atoms with Crippen LogP contribution in [0, 0.1) is 0 Å². The minimum absolute atomic E-state index is 0.0500. The van der Waals surface area contributed by atoms with Gasteiger partial charge in [-0.1, -0.05) is 6.92 Å². The summed E-state index contributed by atoms with van der Waals surface area (Å²) < 4.78 is 1.82. The Morgan fingerprint density at radius 3 is 2.76 bits per heavy atom. The smallest absolute Gasteiger partial charge is 0.274 e. The van der Waals surface area contributed by atoms with Gasteiger partial charge in [0.1, 0.15) is 5.69 Å². The third kappa shape index (κ3) is 4.04. The molecule has 7 heteroatoms. The van der Waals surface area contributed by atoms with Gasteiger partial charge in [0, 0.05) is 44.8 Å². The number of hydrogen-bond donors (Lipinski definition) is 2. The van der Waals surface area contributed by atoms with Crippen molar-refractivity contribution in [2.75, 3.05) is 19.6 Å². The largest absolute Gasteiger partial charge is 0.353 e. The maximum Gasteiger partial charge on any atom is 0.274 e. The zero-order chi connectivity index (χ0) is 15.2. The van der Waals surface area contributed by atoms with Gasteiger partial charge in [0.05, 0.1) is 6.33 Å². The van der Waals surface area contributed by atoms with Gasteiger partial charge in [-0.25, -0.2) is 4.98 Å². The van der Waals surface area contributed by atoms with E-state index >= 15 is 0 Å². The molecule has 0 bridgehead atoms. The Labute approximate surface area is 124 Å². The number of piperidine rings is 1. The van der Waals surface area contributed by atoms with Crippen molar-refractivity contribution in [2.24, 2.45) is 5.73 Å². The van der Waals surface area contributed by atoms with Crippen molar-refractivity contribution < 1.29 is 9.59 Å². The fourth-order valence-electron chi connectivity index (χ4n) is 2.46. The number of rotatable bonds is 5. The second kappa shape index (κ2) is 7.21. The molecule has 0 unspecified atom stereocenters. The normalized spacial score (nSPS) is 16.0. The molecule has 7 nitrogen and oxygen atoms in total. The van der Waals surface area contributed by atoms with Crippen molar-refractivity contribution in [1.82, 2.24) is 19.8 Å². The number of carbonyl (C=O) groups is 2. The topological polar surface area (TPSA) is 93.2 Å². The first-order valence-electron chi connectivity index (χ1n) is 7.44. The number of nitrogens with zero attached hydrogens (tertiary/aromatic N) is 3. The lowest BCUT2D eigenvalue weighted by Crippen LogP contribution is -2.46. The molecule has 1 fully saturated rings. The van der Waals surface area contributed by atoms with E-state index in [1.165, 1.54) is 0 Å². The summed E-state index contributed by atoms with van der Waals surface area (Å²) in [6.07, 6.45) is 5.45. The molecular formula is C14H23N5O2. The molecule has 3 N–H and O–H groups in total. The number of imidazole rings is 1. The first kappa shape index (κ1) is 15.5. The average molecular weight is 293 g/mol. The second-order valence-electron chi connectivity index (χ2n) is 5.27. The average Bonchev–Trinajstić information content (AvgIpc) is 2.96. The molecule has 1 aromatic heterocycles. The van der Waals surface area contributed by atoms with E-state index in [0.29, 0.717) is 38.3 Å². The van der Waals surface area contributed by atoms with Gasteiger partial charge in [-0.2, -0.15) is 0 Å². The van der Waals surface area contributed by atoms with Gasteiger partial charge in [-0.05, 0) is 12.8 Å². The van der Waals surface area contributed by atoms with Crippen molar-refractivity contribution in [3.63, 3.8) is 0 Å². The molecule has 0 aliphatic carbocycles. The number of nitrogens with one attached hydrogen (secondary N) is 1. The fourth-order valence-corrected chi connectivity index (χ4v) is 2.46. The molecule has 2 heterocycles. The monoisotopic (exact) mass is 293 g/mol. The minimum Gasteiger partial charge on any atom is -0.353 e. The highest BCUT2D eigenvalue weighted by Gasteiger charge is 2.25. The van der Waals surface area contributed by atoms with Crippen LogP contribution in [0.15, 0.2) is 12.5 Å². The summed E-state index contributed by atoms with van der Waals surface area (Å²) >= 11 is 0. The Balaban J connectivity index is 1.86. The number of hydrogen-bond acceptors (Lipinski definition) is 4. The van der Waals surface area contributed by atoms with Crippen molar-refractivity contribution in [3.05, 3.63) is 18.2 Å². The van der Waals surface area contributed by atoms with Crippen LogP contribution in [0.5, 0.6) is 0 Å². The molecule has 1 aromatic rings. The standard InChI is InChI=1S/C14H23N5O2/c1-2-13(20)17-11-3-6-19(7-4-11)14(21)12-9-18(8-5-15)10-16-12/h9-11H,2-8,15H2,1H3,(H,17,20). The first-order valence-corrected chi connectivity index (χ1v) is 7.44. The van der Waals surface area contributed by atoms with Crippen LogP contribution in [0.2, 0.25) is 0 Å². The van der Waals surface area contributed by atoms with Gasteiger partial charge in [-0.3, -0.25) is 9.59 Å². The van der Waals surface area contributed by atoms with E-state index in [-0.39, 0.29) is 17.9 Å². The van der Waals surface area contributed by atoms with Crippen LogP contribution in [0.3, 0.4) is 0 Å². The van der Waals surface area contributed by atoms with E-state index in [4.69, 9.17) is 5.73 Å². The number of amides is 2. The maximum absolute atomic E-state index is 12.3. The van der Waals surface area contributed by atoms with E-state index in [1.54, 1.807) is 17.4 Å². The Kier molecular flexibility index (Phi) is 5.32. The van der Waals surface area contributed by atoms with Crippen LogP contribution in [0.25, 0.3) is 0 Å². The molecule has 21 heavy (non-hydrogen) atoms. The quantitative estimate of drug-likeness (QED) is 0.797. The van der Waals surface area contributed by atoms with E-state index in [1.807, 2.05) is 11.5 Å². The van der Waals surface area contributed by atoms with Gasteiger partial charge in [0.15, 0.2) is 0 Å². The SMILES string of the molecule is CCC(=O)NC1CCN(C(=O)c2cn(CCN)cn2)CC1. The maximum atomic E-state index is 12.3. The van der Waals surface area contributed by atoms with E-state index in [2.05, 4.69) is 10.3 Å². The van der Waals surface area contributed by atoms with Gasteiger partial charge >= 0.3 is 0 Å². The summed E-state index contributed by atoms with van der Waals surface area (Å²) in [4.78, 5) is 29.6. The Morgan fingerprint density at radius 1 is 1.43 bits per heavy atom. The summed E-state index contributed by atoms with van der Waals surface area (Å²) in [6, 6.07) is 0.177. The second-order valence-corrected chi connectivity index (χ2v) is 5.27. The highest BCUT2D eigenvalue weighted by Crippen LogP contribution is 2.13. The van der Waals surface area contributed by atoms with Crippen LogP contribution < -0.4 is 11.1 Å². The van der Waals surface area contributed by atoms with Crippen LogP contribution in [-0.4, -0.2) is 51.9 Å². The molecule has 116 valence electrons. The lowest BCUT2D eigenvalue weighted by molar-refractivity contribution is -0.121. The molecule has 0 saturated carbocycles. The van der Waals surface area contributed by atoms with E-state index in [0.717, 1.165) is 12.8 Å². The fraction of sp³-hybridized carbons (Fsp3) is 0.643. The van der Waals surface area contributed by atoms with Crippen LogP contribution in [0.4, 0.5) is 0 Å². The Morgan fingerprint density at radius 2 is 2.14 bits per heavy atom. The summed E-state index contributed by atoms with van der Waals surface area (Å²) in [6.45, 7) is 4.32. The van der Waals surface area contributed by atoms with Crippen molar-refractivity contribution in [1.29, 1.82) is 0 Å². The molecule has 0 atom stereocenters. The van der Waals surface area contributed by atoms with Crippen molar-refractivity contribution in [2.45, 2.75) is 38.8 Å². The molecule has 1 saturated heterocycles. The van der Waals surface area contributed by atoms with Gasteiger partial charge in [0.25, 0.3) is 5.91 Å². The molecule has 1 aliphatic heterocycles. The summed E-state index contributed by atoms with van der Waals surface area (Å²) in [7, 11) is 0. The first-order chi connectivity index (χ1) is 10.1. The summed E-state index contributed by atoms with van der Waals surface area (Å²) in [5, 5.41) is 2.98. The summed E-state index contributed by atoms with van der Waals surface area (Å²) in [5.74, 6) is 0.0198. The van der Waals surface area contributed by atoms with E-state index in [9.17, 15) is 9.59 Å². The van der Waals surface area contributed by atoms with Gasteiger partial charge < -0.3 is 20.5 Å². The zero-order valence-corrected chi connectivity index (χ0v) is 12.4. The number of carbonyl (C=O) groups excluding carboxylic acids is 2. The highest BCUT2D eigenvalue weighted by molar-refractivity contribution is 5.92. The molecule has 0 radical (unpaired) electrons. The lowest BCUT2D eigenvalue weighted by atomic mass is 10.0. The van der Waals surface area contributed by atoms with Crippen molar-refractivity contribution >= 4 is 11.8 Å². The molecule has 0 aromatic carbocycles. The third-order valence-corrected chi connectivity index (χ3v) is 3.71. The number of aromatic nitrogens is 2. The molecule has 2 amide bonds. The highest BCUT2D eigenvalue weighted by atomic mass is 16.2. The lowest BCUT2D eigenvalue weighted by Gasteiger charge is -2.32. The third-order valence-electron chi connectivity index (χ3n) is 3.71. The Hall–Kier alpha value is -1.89. The predicted molar refractivity (Wildman–Crippen MR) is 78.6 cm³/mol. The molecular weight excluding hydrogens is 270 g/mol. The molecule has 1 aliphatic rings. The number of nitrogens with two attached hydrogens (primary N) is 1. The van der Waals surface area contributed by atoms with Gasteiger partial charge in [-0.15, -0.1) is 0 Å². The minimum atomic E-state index is -0.0500. The van der Waals surface area contributed by atoms with Crippen LogP contribution >= 0.6 is 0 Å². The van der Waals surface area contributed by atoms with Crippen LogP contribution in [-0.2, 0) is 11.3 Å².